The fraction of sp³-hybridized carbons (Fsp3) is 0.0588. The normalized spacial score (nSPS) is 10.5. The molecule has 21 heavy (non-hydrogen) atoms. The molecule has 0 unspecified atom stereocenters. The molecule has 1 amide bonds. The lowest BCUT2D eigenvalue weighted by Crippen LogP contribution is -2.07. The highest BCUT2D eigenvalue weighted by atomic mass is 16.1. The van der Waals surface area contributed by atoms with E-state index in [-0.39, 0.29) is 5.91 Å². The molecule has 0 aliphatic heterocycles. The highest BCUT2D eigenvalue weighted by Gasteiger charge is 2.10. The van der Waals surface area contributed by atoms with E-state index in [2.05, 4.69) is 17.0 Å². The third-order valence-electron chi connectivity index (χ3n) is 3.35. The van der Waals surface area contributed by atoms with Crippen molar-refractivity contribution in [2.75, 3.05) is 5.32 Å². The molecule has 0 bridgehead atoms. The average Bonchev–Trinajstić information content (AvgIpc) is 2.85. The predicted octanol–water partition coefficient (Wildman–Crippen LogP) is 3.36. The first-order chi connectivity index (χ1) is 10.2. The maximum atomic E-state index is 11.4. The number of carbonyl (C=O) groups excluding carboxylic acids is 1. The van der Waals surface area contributed by atoms with Gasteiger partial charge in [0.15, 0.2) is 0 Å². The third-order valence-corrected chi connectivity index (χ3v) is 3.35. The summed E-state index contributed by atoms with van der Waals surface area (Å²) < 4.78 is 1.86. The van der Waals surface area contributed by atoms with Crippen molar-refractivity contribution in [3.63, 3.8) is 0 Å². The summed E-state index contributed by atoms with van der Waals surface area (Å²) in [4.78, 5) is 11.4. The molecule has 0 radical (unpaired) electrons. The molecule has 3 aromatic rings. The minimum Gasteiger partial charge on any atom is -0.323 e. The Labute approximate surface area is 122 Å². The molecule has 1 heterocycles. The fourth-order valence-electron chi connectivity index (χ4n) is 2.36. The molecule has 3 rings (SSSR count). The number of aromatic nitrogens is 2. The number of hydrogen-bond donors (Lipinski definition) is 1. The summed E-state index contributed by atoms with van der Waals surface area (Å²) in [5.41, 5.74) is 3.68. The second-order valence-electron chi connectivity index (χ2n) is 4.76. The van der Waals surface area contributed by atoms with Crippen LogP contribution >= 0.6 is 0 Å². The predicted molar refractivity (Wildman–Crippen MR) is 85.0 cm³/mol. The number of carbonyl (C=O) groups is 1. The second kappa shape index (κ2) is 5.25. The number of nitrogens with one attached hydrogen (secondary N) is 1. The Morgan fingerprint density at radius 3 is 2.86 bits per heavy atom. The Morgan fingerprint density at radius 1 is 1.24 bits per heavy atom. The van der Waals surface area contributed by atoms with Gasteiger partial charge in [-0.05, 0) is 24.3 Å². The van der Waals surface area contributed by atoms with Crippen molar-refractivity contribution in [3.05, 3.63) is 61.2 Å². The minimum absolute atomic E-state index is 0.224. The van der Waals surface area contributed by atoms with Crippen LogP contribution in [0.3, 0.4) is 0 Å². The number of rotatable bonds is 3. The van der Waals surface area contributed by atoms with Crippen LogP contribution in [0.1, 0.15) is 0 Å². The van der Waals surface area contributed by atoms with Gasteiger partial charge in [-0.3, -0.25) is 9.48 Å². The molecule has 0 aliphatic carbocycles. The smallest absolute Gasteiger partial charge is 0.247 e. The number of anilines is 1. The number of aryl methyl sites for hydroxylation is 1. The van der Waals surface area contributed by atoms with Crippen molar-refractivity contribution >= 4 is 22.5 Å². The highest BCUT2D eigenvalue weighted by molar-refractivity contribution is 6.00. The summed E-state index contributed by atoms with van der Waals surface area (Å²) in [5, 5.41) is 8.44. The monoisotopic (exact) mass is 277 g/mol. The average molecular weight is 277 g/mol. The van der Waals surface area contributed by atoms with Gasteiger partial charge in [0.2, 0.25) is 5.91 Å². The van der Waals surface area contributed by atoms with Gasteiger partial charge in [-0.25, -0.2) is 0 Å². The van der Waals surface area contributed by atoms with E-state index in [0.717, 1.165) is 27.8 Å². The Balaban J connectivity index is 2.09. The van der Waals surface area contributed by atoms with Gasteiger partial charge in [0, 0.05) is 23.7 Å². The van der Waals surface area contributed by atoms with E-state index >= 15 is 0 Å². The zero-order valence-corrected chi connectivity index (χ0v) is 11.7. The molecule has 0 atom stereocenters. The fourth-order valence-corrected chi connectivity index (χ4v) is 2.36. The van der Waals surface area contributed by atoms with E-state index in [9.17, 15) is 4.79 Å². The number of fused-ring (bicyclic) bond motifs is 1. The molecular formula is C17H15N3O. The van der Waals surface area contributed by atoms with Crippen LogP contribution in [-0.4, -0.2) is 15.7 Å². The van der Waals surface area contributed by atoms with Gasteiger partial charge in [-0.1, -0.05) is 36.9 Å². The van der Waals surface area contributed by atoms with Crippen LogP contribution in [0, 0.1) is 0 Å². The summed E-state index contributed by atoms with van der Waals surface area (Å²) in [5.74, 6) is -0.224. The standard InChI is InChI=1S/C17H15N3O/c1-3-16(21)18-13-8-6-7-12(11-13)17-14-9-4-5-10-15(14)20(2)19-17/h3-11H,1H2,2H3,(H,18,21). The first kappa shape index (κ1) is 13.1. The lowest BCUT2D eigenvalue weighted by molar-refractivity contribution is -0.111. The van der Waals surface area contributed by atoms with Crippen LogP contribution < -0.4 is 5.32 Å². The lowest BCUT2D eigenvalue weighted by atomic mass is 10.1. The zero-order chi connectivity index (χ0) is 14.8. The van der Waals surface area contributed by atoms with Crippen LogP contribution in [0.25, 0.3) is 22.2 Å². The van der Waals surface area contributed by atoms with Crippen molar-refractivity contribution < 1.29 is 4.79 Å². The number of nitrogens with zero attached hydrogens (tertiary/aromatic N) is 2. The quantitative estimate of drug-likeness (QED) is 0.746. The molecule has 1 aromatic heterocycles. The molecule has 0 spiro atoms. The van der Waals surface area contributed by atoms with Gasteiger partial charge in [0.05, 0.1) is 5.52 Å². The van der Waals surface area contributed by atoms with Gasteiger partial charge in [-0.15, -0.1) is 0 Å². The largest absolute Gasteiger partial charge is 0.323 e. The van der Waals surface area contributed by atoms with E-state index in [1.807, 2.05) is 60.3 Å². The van der Waals surface area contributed by atoms with Crippen molar-refractivity contribution in [1.29, 1.82) is 0 Å². The van der Waals surface area contributed by atoms with Gasteiger partial charge in [0.25, 0.3) is 0 Å². The van der Waals surface area contributed by atoms with E-state index in [1.165, 1.54) is 6.08 Å². The zero-order valence-electron chi connectivity index (χ0n) is 11.7. The molecule has 104 valence electrons. The van der Waals surface area contributed by atoms with E-state index in [1.54, 1.807) is 0 Å². The van der Waals surface area contributed by atoms with Gasteiger partial charge < -0.3 is 5.32 Å². The second-order valence-corrected chi connectivity index (χ2v) is 4.76. The van der Waals surface area contributed by atoms with Crippen LogP contribution in [0.15, 0.2) is 61.2 Å². The Kier molecular flexibility index (Phi) is 3.28. The summed E-state index contributed by atoms with van der Waals surface area (Å²) in [6, 6.07) is 15.7. The summed E-state index contributed by atoms with van der Waals surface area (Å²) in [6.07, 6.45) is 1.25. The van der Waals surface area contributed by atoms with Crippen molar-refractivity contribution in [2.45, 2.75) is 0 Å². The van der Waals surface area contributed by atoms with E-state index < -0.39 is 0 Å². The molecular weight excluding hydrogens is 262 g/mol. The van der Waals surface area contributed by atoms with E-state index in [0.29, 0.717) is 0 Å². The number of amides is 1. The first-order valence-electron chi connectivity index (χ1n) is 6.64. The molecule has 4 heteroatoms. The third kappa shape index (κ3) is 2.43. The maximum Gasteiger partial charge on any atom is 0.247 e. The molecule has 2 aromatic carbocycles. The SMILES string of the molecule is C=CC(=O)Nc1cccc(-c2nn(C)c3ccccc23)c1. The molecule has 0 fully saturated rings. The van der Waals surface area contributed by atoms with Crippen molar-refractivity contribution in [3.8, 4) is 11.3 Å². The van der Waals surface area contributed by atoms with Gasteiger partial charge >= 0.3 is 0 Å². The Hall–Kier alpha value is -2.88. The van der Waals surface area contributed by atoms with Crippen LogP contribution in [0.2, 0.25) is 0 Å². The Morgan fingerprint density at radius 2 is 2.05 bits per heavy atom. The number of para-hydroxylation sites is 1. The van der Waals surface area contributed by atoms with E-state index in [4.69, 9.17) is 0 Å². The first-order valence-corrected chi connectivity index (χ1v) is 6.64. The maximum absolute atomic E-state index is 11.4. The summed E-state index contributed by atoms with van der Waals surface area (Å²) >= 11 is 0. The number of benzene rings is 2. The summed E-state index contributed by atoms with van der Waals surface area (Å²) in [6.45, 7) is 3.45. The van der Waals surface area contributed by atoms with Crippen LogP contribution in [0.5, 0.6) is 0 Å². The minimum atomic E-state index is -0.224. The topological polar surface area (TPSA) is 46.9 Å². The van der Waals surface area contributed by atoms with Crippen LogP contribution in [-0.2, 0) is 11.8 Å². The molecule has 4 nitrogen and oxygen atoms in total. The van der Waals surface area contributed by atoms with Crippen LogP contribution in [0.4, 0.5) is 5.69 Å². The molecule has 0 saturated heterocycles. The lowest BCUT2D eigenvalue weighted by Gasteiger charge is -2.04. The highest BCUT2D eigenvalue weighted by Crippen LogP contribution is 2.28. The summed E-state index contributed by atoms with van der Waals surface area (Å²) in [7, 11) is 1.93. The van der Waals surface area contributed by atoms with Gasteiger partial charge in [-0.2, -0.15) is 5.10 Å². The number of hydrogen-bond acceptors (Lipinski definition) is 2. The Bertz CT molecular complexity index is 833. The van der Waals surface area contributed by atoms with Gasteiger partial charge in [0.1, 0.15) is 5.69 Å². The molecule has 0 aliphatic rings. The molecule has 0 saturated carbocycles. The van der Waals surface area contributed by atoms with Crippen molar-refractivity contribution in [2.24, 2.45) is 7.05 Å². The van der Waals surface area contributed by atoms with Crippen molar-refractivity contribution in [1.82, 2.24) is 9.78 Å². The molecule has 1 N–H and O–H groups in total.